The molecule has 2 aromatic rings. The number of nitrogens with one attached hydrogen (secondary N) is 2. The molecule has 1 unspecified atom stereocenters. The average Bonchev–Trinajstić information content (AvgIpc) is 3.23. The predicted octanol–water partition coefficient (Wildman–Crippen LogP) is 1.96. The highest BCUT2D eigenvalue weighted by Crippen LogP contribution is 2.27. The summed E-state index contributed by atoms with van der Waals surface area (Å²) >= 11 is 2.35. The van der Waals surface area contributed by atoms with Gasteiger partial charge in [0.2, 0.25) is 11.8 Å². The lowest BCUT2D eigenvalue weighted by Crippen LogP contribution is -2.28. The van der Waals surface area contributed by atoms with Crippen LogP contribution in [0.1, 0.15) is 23.7 Å². The minimum Gasteiger partial charge on any atom is -0.462 e. The zero-order valence-corrected chi connectivity index (χ0v) is 15.8. The largest absolute Gasteiger partial charge is 0.462 e. The van der Waals surface area contributed by atoms with Crippen molar-refractivity contribution in [3.05, 3.63) is 35.5 Å². The van der Waals surface area contributed by atoms with Gasteiger partial charge in [0, 0.05) is 18.8 Å². The number of hydrogen-bond donors (Lipinski definition) is 2. The summed E-state index contributed by atoms with van der Waals surface area (Å²) in [6.07, 6.45) is 3.02. The van der Waals surface area contributed by atoms with Crippen LogP contribution in [0, 0.1) is 0 Å². The van der Waals surface area contributed by atoms with Gasteiger partial charge in [-0.05, 0) is 24.4 Å². The van der Waals surface area contributed by atoms with Gasteiger partial charge in [-0.25, -0.2) is 14.8 Å². The molecule has 0 radical (unpaired) electrons. The maximum Gasteiger partial charge on any atom is 0.341 e. The van der Waals surface area contributed by atoms with Gasteiger partial charge < -0.3 is 15.4 Å². The summed E-state index contributed by atoms with van der Waals surface area (Å²) in [7, 11) is 0. The quantitative estimate of drug-likeness (QED) is 0.704. The summed E-state index contributed by atoms with van der Waals surface area (Å²) in [6, 6.07) is 3.24. The van der Waals surface area contributed by atoms with Crippen molar-refractivity contribution in [2.45, 2.75) is 18.6 Å². The lowest BCUT2D eigenvalue weighted by molar-refractivity contribution is -0.122. The summed E-state index contributed by atoms with van der Waals surface area (Å²) in [5.74, 6) is -0.975. The first-order chi connectivity index (χ1) is 13.1. The number of thioether (sulfide) groups is 1. The van der Waals surface area contributed by atoms with Crippen LogP contribution in [0.4, 0.5) is 10.9 Å². The monoisotopic (exact) mass is 405 g/mol. The third-order valence-corrected chi connectivity index (χ3v) is 5.23. The van der Waals surface area contributed by atoms with Crippen LogP contribution in [-0.2, 0) is 14.3 Å². The van der Waals surface area contributed by atoms with Crippen molar-refractivity contribution < 1.29 is 19.1 Å². The minimum absolute atomic E-state index is 0.0642. The predicted molar refractivity (Wildman–Crippen MR) is 102 cm³/mol. The number of carbonyl (C=O) groups excluding carboxylic acids is 3. The van der Waals surface area contributed by atoms with Gasteiger partial charge in [0.05, 0.1) is 12.2 Å². The van der Waals surface area contributed by atoms with E-state index in [0.717, 1.165) is 11.8 Å². The highest BCUT2D eigenvalue weighted by atomic mass is 32.2. The molecule has 0 aromatic carbocycles. The van der Waals surface area contributed by atoms with Crippen LogP contribution in [0.15, 0.2) is 34.9 Å². The van der Waals surface area contributed by atoms with Crippen molar-refractivity contribution in [1.29, 1.82) is 0 Å². The molecule has 3 heterocycles. The summed E-state index contributed by atoms with van der Waals surface area (Å²) in [4.78, 5) is 48.3. The molecule has 1 fully saturated rings. The van der Waals surface area contributed by atoms with Gasteiger partial charge in [-0.15, -0.1) is 11.3 Å². The second kappa shape index (κ2) is 8.73. The summed E-state index contributed by atoms with van der Waals surface area (Å²) < 4.78 is 4.95. The molecule has 1 saturated heterocycles. The van der Waals surface area contributed by atoms with Crippen molar-refractivity contribution in [3.8, 4) is 0 Å². The Morgan fingerprint density at radius 3 is 2.89 bits per heavy atom. The second-order valence-electron chi connectivity index (χ2n) is 5.20. The van der Waals surface area contributed by atoms with E-state index in [1.165, 1.54) is 11.3 Å². The van der Waals surface area contributed by atoms with E-state index < -0.39 is 11.2 Å². The van der Waals surface area contributed by atoms with Crippen LogP contribution in [0.3, 0.4) is 0 Å². The maximum absolute atomic E-state index is 12.3. The Labute approximate surface area is 162 Å². The molecule has 140 valence electrons. The molecule has 1 atom stereocenters. The highest BCUT2D eigenvalue weighted by molar-refractivity contribution is 8.15. The van der Waals surface area contributed by atoms with Crippen molar-refractivity contribution in [1.82, 2.24) is 15.3 Å². The summed E-state index contributed by atoms with van der Waals surface area (Å²) in [6.45, 7) is 1.95. The van der Waals surface area contributed by atoms with E-state index in [0.29, 0.717) is 15.7 Å². The van der Waals surface area contributed by atoms with E-state index in [4.69, 9.17) is 4.74 Å². The molecule has 0 bridgehead atoms. The van der Waals surface area contributed by atoms with E-state index in [1.54, 1.807) is 36.8 Å². The van der Waals surface area contributed by atoms with Crippen LogP contribution in [0.2, 0.25) is 0 Å². The Kier molecular flexibility index (Phi) is 6.14. The smallest absolute Gasteiger partial charge is 0.341 e. The Hall–Kier alpha value is -2.79. The molecule has 1 aliphatic rings. The topological polar surface area (TPSA) is 123 Å². The van der Waals surface area contributed by atoms with Gasteiger partial charge in [-0.3, -0.25) is 9.59 Å². The van der Waals surface area contributed by atoms with Gasteiger partial charge in [0.25, 0.3) is 5.95 Å². The van der Waals surface area contributed by atoms with E-state index in [-0.39, 0.29) is 30.8 Å². The number of ether oxygens (including phenoxy) is 1. The molecule has 27 heavy (non-hydrogen) atoms. The zero-order valence-electron chi connectivity index (χ0n) is 14.2. The fraction of sp³-hybridized carbons (Fsp3) is 0.250. The Balaban J connectivity index is 1.60. The number of aliphatic imine (C=N–C) groups is 1. The molecule has 2 amide bonds. The number of nitrogens with zero attached hydrogens (tertiary/aromatic N) is 3. The molecule has 11 heteroatoms. The van der Waals surface area contributed by atoms with Gasteiger partial charge in [-0.2, -0.15) is 4.99 Å². The Morgan fingerprint density at radius 2 is 2.15 bits per heavy atom. The molecule has 0 aliphatic carbocycles. The summed E-state index contributed by atoms with van der Waals surface area (Å²) in [5.41, 5.74) is 0.294. The molecular formula is C16H15N5O4S2. The van der Waals surface area contributed by atoms with Crippen molar-refractivity contribution >= 4 is 57.0 Å². The fourth-order valence-electron chi connectivity index (χ4n) is 2.15. The number of aromatic nitrogens is 2. The van der Waals surface area contributed by atoms with Crippen molar-refractivity contribution in [2.24, 2.45) is 4.99 Å². The van der Waals surface area contributed by atoms with Gasteiger partial charge in [-0.1, -0.05) is 11.8 Å². The second-order valence-corrected chi connectivity index (χ2v) is 7.31. The van der Waals surface area contributed by atoms with Gasteiger partial charge in [0.15, 0.2) is 5.17 Å². The maximum atomic E-state index is 12.3. The molecule has 0 spiro atoms. The average molecular weight is 405 g/mol. The summed E-state index contributed by atoms with van der Waals surface area (Å²) in [5, 5.41) is 7.06. The van der Waals surface area contributed by atoms with E-state index in [1.807, 2.05) is 0 Å². The lowest BCUT2D eigenvalue weighted by Gasteiger charge is -2.07. The van der Waals surface area contributed by atoms with Gasteiger partial charge in [0.1, 0.15) is 10.3 Å². The third-order valence-electron chi connectivity index (χ3n) is 3.31. The molecule has 1 aliphatic heterocycles. The van der Waals surface area contributed by atoms with Crippen molar-refractivity contribution in [3.63, 3.8) is 0 Å². The first-order valence-corrected chi connectivity index (χ1v) is 9.70. The fourth-order valence-corrected chi connectivity index (χ4v) is 3.91. The van der Waals surface area contributed by atoms with Crippen LogP contribution in [0.5, 0.6) is 0 Å². The first kappa shape index (κ1) is 19.0. The number of thiophene rings is 1. The molecule has 2 N–H and O–H groups in total. The Morgan fingerprint density at radius 1 is 1.37 bits per heavy atom. The number of amides is 2. The molecule has 2 aromatic heterocycles. The molecule has 9 nitrogen and oxygen atoms in total. The van der Waals surface area contributed by atoms with Crippen LogP contribution < -0.4 is 10.6 Å². The number of hydrogen-bond acceptors (Lipinski definition) is 9. The van der Waals surface area contributed by atoms with Crippen LogP contribution >= 0.6 is 23.1 Å². The molecule has 3 rings (SSSR count). The van der Waals surface area contributed by atoms with E-state index in [2.05, 4.69) is 25.6 Å². The SMILES string of the molecule is CCOC(=O)c1ccsc1NC(=O)CC1S/C(=N\c2ncccn2)NC1=O. The number of carbonyl (C=O) groups is 3. The standard InChI is InChI=1S/C16H15N5O4S2/c1-2-25-14(24)9-4-7-26-13(9)19-11(22)8-10-12(23)20-16(27-10)21-15-17-5-3-6-18-15/h3-7,10H,2,8H2,1H3,(H,19,22)(H,17,18,20,21,23). The normalized spacial score (nSPS) is 17.6. The molecule has 0 saturated carbocycles. The molecular weight excluding hydrogens is 390 g/mol. The van der Waals surface area contributed by atoms with E-state index in [9.17, 15) is 14.4 Å². The number of amidine groups is 1. The number of anilines is 1. The van der Waals surface area contributed by atoms with Gasteiger partial charge >= 0.3 is 5.97 Å². The zero-order chi connectivity index (χ0) is 19.2. The van der Waals surface area contributed by atoms with Crippen molar-refractivity contribution in [2.75, 3.05) is 11.9 Å². The van der Waals surface area contributed by atoms with Crippen LogP contribution in [0.25, 0.3) is 0 Å². The Bertz CT molecular complexity index is 884. The van der Waals surface area contributed by atoms with E-state index >= 15 is 0 Å². The lowest BCUT2D eigenvalue weighted by atomic mass is 10.2. The van der Waals surface area contributed by atoms with Crippen LogP contribution in [-0.4, -0.2) is 44.8 Å². The third kappa shape index (κ3) is 4.89. The first-order valence-electron chi connectivity index (χ1n) is 7.94. The minimum atomic E-state index is -0.626. The number of esters is 1. The number of rotatable bonds is 6. The highest BCUT2D eigenvalue weighted by Gasteiger charge is 2.32.